The molecule has 0 spiro atoms. The third-order valence-corrected chi connectivity index (χ3v) is 3.20. The Hall–Kier alpha value is -0.770. The van der Waals surface area contributed by atoms with Crippen molar-refractivity contribution < 1.29 is 0 Å². The van der Waals surface area contributed by atoms with Gasteiger partial charge < -0.3 is 5.32 Å². The van der Waals surface area contributed by atoms with Gasteiger partial charge in [-0.05, 0) is 13.3 Å². The summed E-state index contributed by atoms with van der Waals surface area (Å²) in [6, 6.07) is 0. The van der Waals surface area contributed by atoms with E-state index in [4.69, 9.17) is 0 Å². The number of anilines is 1. The maximum absolute atomic E-state index is 4.45. The van der Waals surface area contributed by atoms with E-state index in [1.807, 2.05) is 18.7 Å². The van der Waals surface area contributed by atoms with Crippen LogP contribution in [0.1, 0.15) is 30.4 Å². The fourth-order valence-corrected chi connectivity index (χ4v) is 2.61. The predicted molar refractivity (Wildman–Crippen MR) is 60.5 cm³/mol. The van der Waals surface area contributed by atoms with Gasteiger partial charge in [-0.2, -0.15) is 11.8 Å². The molecular formula is C10H15N3S. The normalized spacial score (nSPS) is 14.1. The van der Waals surface area contributed by atoms with E-state index in [2.05, 4.69) is 22.2 Å². The number of hydrogen-bond donors (Lipinski definition) is 1. The molecule has 2 rings (SSSR count). The van der Waals surface area contributed by atoms with Crippen molar-refractivity contribution in [3.8, 4) is 0 Å². The summed E-state index contributed by atoms with van der Waals surface area (Å²) in [5.74, 6) is 4.03. The molecule has 0 amide bonds. The number of hydrogen-bond acceptors (Lipinski definition) is 4. The third-order valence-electron chi connectivity index (χ3n) is 2.23. The lowest BCUT2D eigenvalue weighted by atomic mass is 10.2. The minimum atomic E-state index is 0.879. The first-order chi connectivity index (χ1) is 6.81. The Balaban J connectivity index is 2.29. The highest BCUT2D eigenvalue weighted by atomic mass is 32.2. The lowest BCUT2D eigenvalue weighted by Gasteiger charge is -2.09. The van der Waals surface area contributed by atoms with Gasteiger partial charge in [0, 0.05) is 23.6 Å². The molecule has 14 heavy (non-hydrogen) atoms. The van der Waals surface area contributed by atoms with Gasteiger partial charge in [-0.25, -0.2) is 9.97 Å². The number of aryl methyl sites for hydroxylation is 1. The van der Waals surface area contributed by atoms with E-state index in [1.54, 1.807) is 0 Å². The molecule has 3 nitrogen and oxygen atoms in total. The van der Waals surface area contributed by atoms with Gasteiger partial charge in [0.25, 0.3) is 0 Å². The molecule has 0 unspecified atom stereocenters. The number of nitrogens with zero attached hydrogens (tertiary/aromatic N) is 2. The Morgan fingerprint density at radius 2 is 2.21 bits per heavy atom. The van der Waals surface area contributed by atoms with Crippen molar-refractivity contribution in [3.05, 3.63) is 17.1 Å². The van der Waals surface area contributed by atoms with Gasteiger partial charge in [0.05, 0.1) is 5.69 Å². The van der Waals surface area contributed by atoms with Crippen LogP contribution in [0.3, 0.4) is 0 Å². The number of thioether (sulfide) groups is 1. The third kappa shape index (κ3) is 1.85. The topological polar surface area (TPSA) is 37.8 Å². The zero-order valence-electron chi connectivity index (χ0n) is 8.63. The van der Waals surface area contributed by atoms with Crippen molar-refractivity contribution in [2.45, 2.75) is 31.8 Å². The monoisotopic (exact) mass is 209 g/mol. The first-order valence-corrected chi connectivity index (χ1v) is 6.14. The summed E-state index contributed by atoms with van der Waals surface area (Å²) < 4.78 is 0. The minimum absolute atomic E-state index is 0.879. The van der Waals surface area contributed by atoms with E-state index in [9.17, 15) is 0 Å². The van der Waals surface area contributed by atoms with E-state index in [0.29, 0.717) is 0 Å². The van der Waals surface area contributed by atoms with Crippen molar-refractivity contribution in [1.29, 1.82) is 0 Å². The molecule has 76 valence electrons. The van der Waals surface area contributed by atoms with Crippen LogP contribution in [0, 0.1) is 6.92 Å². The maximum atomic E-state index is 4.45. The summed E-state index contributed by atoms with van der Waals surface area (Å²) >= 11 is 1.92. The fraction of sp³-hybridized carbons (Fsp3) is 0.600. The van der Waals surface area contributed by atoms with E-state index in [-0.39, 0.29) is 0 Å². The molecule has 1 aliphatic heterocycles. The number of fused-ring (bicyclic) bond motifs is 1. The zero-order chi connectivity index (χ0) is 9.97. The second kappa shape index (κ2) is 4.17. The van der Waals surface area contributed by atoms with Crippen LogP contribution in [-0.2, 0) is 11.5 Å². The van der Waals surface area contributed by atoms with Crippen LogP contribution in [0.4, 0.5) is 5.82 Å². The van der Waals surface area contributed by atoms with Crippen molar-refractivity contribution in [2.24, 2.45) is 0 Å². The molecule has 0 saturated carbocycles. The van der Waals surface area contributed by atoms with Crippen molar-refractivity contribution >= 4 is 17.6 Å². The van der Waals surface area contributed by atoms with Crippen LogP contribution in [0.5, 0.6) is 0 Å². The Bertz CT molecular complexity index is 338. The van der Waals surface area contributed by atoms with E-state index >= 15 is 0 Å². The van der Waals surface area contributed by atoms with Crippen LogP contribution in [0.15, 0.2) is 0 Å². The van der Waals surface area contributed by atoms with Crippen molar-refractivity contribution in [2.75, 3.05) is 11.9 Å². The van der Waals surface area contributed by atoms with Gasteiger partial charge in [-0.3, -0.25) is 0 Å². The van der Waals surface area contributed by atoms with Crippen molar-refractivity contribution in [1.82, 2.24) is 9.97 Å². The standard InChI is InChI=1S/C10H15N3S/c1-3-4-11-10-8-5-14-6-9(8)12-7(2)13-10/h3-6H2,1-2H3,(H,11,12,13). The second-order valence-electron chi connectivity index (χ2n) is 3.46. The molecule has 0 aromatic carbocycles. The second-order valence-corrected chi connectivity index (χ2v) is 4.45. The number of aromatic nitrogens is 2. The number of nitrogens with one attached hydrogen (secondary N) is 1. The Morgan fingerprint density at radius 1 is 1.36 bits per heavy atom. The molecule has 0 aliphatic carbocycles. The van der Waals surface area contributed by atoms with Crippen LogP contribution >= 0.6 is 11.8 Å². The molecule has 1 aromatic rings. The van der Waals surface area contributed by atoms with Crippen LogP contribution < -0.4 is 5.32 Å². The van der Waals surface area contributed by atoms with Crippen molar-refractivity contribution in [3.63, 3.8) is 0 Å². The molecule has 4 heteroatoms. The zero-order valence-corrected chi connectivity index (χ0v) is 9.45. The molecule has 1 N–H and O–H groups in total. The van der Waals surface area contributed by atoms with Gasteiger partial charge in [0.1, 0.15) is 11.6 Å². The average Bonchev–Trinajstić information content (AvgIpc) is 2.61. The van der Waals surface area contributed by atoms with Gasteiger partial charge in [0.15, 0.2) is 0 Å². The summed E-state index contributed by atoms with van der Waals surface area (Å²) in [5, 5.41) is 3.37. The number of rotatable bonds is 3. The molecule has 0 radical (unpaired) electrons. The Kier molecular flexibility index (Phi) is 2.91. The van der Waals surface area contributed by atoms with E-state index < -0.39 is 0 Å². The smallest absolute Gasteiger partial charge is 0.134 e. The molecule has 1 aliphatic rings. The first kappa shape index (κ1) is 9.77. The molecule has 0 atom stereocenters. The molecular weight excluding hydrogens is 194 g/mol. The molecule has 2 heterocycles. The summed E-state index contributed by atoms with van der Waals surface area (Å²) in [7, 11) is 0. The highest BCUT2D eigenvalue weighted by Crippen LogP contribution is 2.32. The largest absolute Gasteiger partial charge is 0.370 e. The summed E-state index contributed by atoms with van der Waals surface area (Å²) in [6.45, 7) is 5.12. The highest BCUT2D eigenvalue weighted by Gasteiger charge is 2.18. The van der Waals surface area contributed by atoms with Crippen LogP contribution in [0.25, 0.3) is 0 Å². The van der Waals surface area contributed by atoms with Gasteiger partial charge in [-0.15, -0.1) is 0 Å². The van der Waals surface area contributed by atoms with Crippen LogP contribution in [0.2, 0.25) is 0 Å². The fourth-order valence-electron chi connectivity index (χ4n) is 1.56. The van der Waals surface area contributed by atoms with Gasteiger partial charge in [-0.1, -0.05) is 6.92 Å². The van der Waals surface area contributed by atoms with Gasteiger partial charge in [0.2, 0.25) is 0 Å². The molecule has 1 aromatic heterocycles. The average molecular weight is 209 g/mol. The van der Waals surface area contributed by atoms with Crippen LogP contribution in [-0.4, -0.2) is 16.5 Å². The van der Waals surface area contributed by atoms with Gasteiger partial charge >= 0.3 is 0 Å². The van der Waals surface area contributed by atoms with E-state index in [1.165, 1.54) is 11.3 Å². The first-order valence-electron chi connectivity index (χ1n) is 4.99. The summed E-state index contributed by atoms with van der Waals surface area (Å²) in [6.07, 6.45) is 1.13. The molecule has 0 fully saturated rings. The lowest BCUT2D eigenvalue weighted by Crippen LogP contribution is -2.07. The summed E-state index contributed by atoms with van der Waals surface area (Å²) in [4.78, 5) is 8.90. The maximum Gasteiger partial charge on any atom is 0.134 e. The SMILES string of the molecule is CCCNc1nc(C)nc2c1CSC2. The molecule has 0 saturated heterocycles. The minimum Gasteiger partial charge on any atom is -0.370 e. The summed E-state index contributed by atoms with van der Waals surface area (Å²) in [5.41, 5.74) is 2.54. The Labute approximate surface area is 88.7 Å². The van der Waals surface area contributed by atoms with E-state index in [0.717, 1.165) is 36.1 Å². The lowest BCUT2D eigenvalue weighted by molar-refractivity contribution is 0.934. The quantitative estimate of drug-likeness (QED) is 0.829. The highest BCUT2D eigenvalue weighted by molar-refractivity contribution is 7.98. The Morgan fingerprint density at radius 3 is 3.00 bits per heavy atom. The predicted octanol–water partition coefficient (Wildman–Crippen LogP) is 2.35. The molecule has 0 bridgehead atoms.